The van der Waals surface area contributed by atoms with Crippen molar-refractivity contribution in [3.8, 4) is 0 Å². The molecule has 0 unspecified atom stereocenters. The zero-order chi connectivity index (χ0) is 6.85. The molecule has 0 amide bonds. The van der Waals surface area contributed by atoms with E-state index in [1.165, 1.54) is 0 Å². The van der Waals surface area contributed by atoms with Gasteiger partial charge in [0.2, 0.25) is 0 Å². The van der Waals surface area contributed by atoms with Crippen LogP contribution >= 0.6 is 0 Å². The monoisotopic (exact) mass is 128 g/mol. The number of aryl methyl sites for hydroxylation is 1. The lowest BCUT2D eigenvalue weighted by Gasteiger charge is -1.94. The zero-order valence-electron chi connectivity index (χ0n) is 5.33. The van der Waals surface area contributed by atoms with Gasteiger partial charge in [0.15, 0.2) is 0 Å². The molecule has 0 saturated heterocycles. The molecule has 1 heterocycles. The van der Waals surface area contributed by atoms with Crippen LogP contribution < -0.4 is 0 Å². The smallest absolute Gasteiger partial charge is 0.136 e. The Morgan fingerprint density at radius 1 is 1.56 bits per heavy atom. The van der Waals surface area contributed by atoms with Crippen LogP contribution in [0.15, 0.2) is 4.63 Å². The molecule has 0 radical (unpaired) electrons. The van der Waals surface area contributed by atoms with E-state index in [0.717, 1.165) is 0 Å². The van der Waals surface area contributed by atoms with Crippen LogP contribution in [0.5, 0.6) is 0 Å². The normalized spacial score (nSPS) is 13.7. The second kappa shape index (κ2) is 2.14. The number of hydrogen-bond acceptors (Lipinski definition) is 4. The van der Waals surface area contributed by atoms with Gasteiger partial charge in [-0.2, -0.15) is 0 Å². The largest absolute Gasteiger partial charge is 0.387 e. The molecule has 0 aliphatic heterocycles. The van der Waals surface area contributed by atoms with Crippen molar-refractivity contribution in [1.29, 1.82) is 0 Å². The van der Waals surface area contributed by atoms with Crippen LogP contribution in [0.2, 0.25) is 0 Å². The van der Waals surface area contributed by atoms with Crippen molar-refractivity contribution < 1.29 is 9.74 Å². The second-order valence-corrected chi connectivity index (χ2v) is 1.91. The Morgan fingerprint density at radius 3 is 2.44 bits per heavy atom. The molecule has 0 aliphatic rings. The second-order valence-electron chi connectivity index (χ2n) is 1.91. The summed E-state index contributed by atoms with van der Waals surface area (Å²) < 4.78 is 4.35. The Balaban J connectivity index is 2.94. The SMILES string of the molecule is Cc1nonc1[C@H](C)O. The van der Waals surface area contributed by atoms with Crippen molar-refractivity contribution in [2.24, 2.45) is 0 Å². The fourth-order valence-corrected chi connectivity index (χ4v) is 0.617. The summed E-state index contributed by atoms with van der Waals surface area (Å²) >= 11 is 0. The van der Waals surface area contributed by atoms with E-state index in [9.17, 15) is 0 Å². The molecule has 0 aromatic carbocycles. The van der Waals surface area contributed by atoms with E-state index < -0.39 is 6.10 Å². The van der Waals surface area contributed by atoms with Gasteiger partial charge in [-0.15, -0.1) is 0 Å². The van der Waals surface area contributed by atoms with Crippen molar-refractivity contribution in [3.05, 3.63) is 11.4 Å². The molecular weight excluding hydrogens is 120 g/mol. The van der Waals surface area contributed by atoms with E-state index in [0.29, 0.717) is 11.4 Å². The summed E-state index contributed by atoms with van der Waals surface area (Å²) in [5, 5.41) is 15.9. The van der Waals surface area contributed by atoms with E-state index >= 15 is 0 Å². The van der Waals surface area contributed by atoms with E-state index in [4.69, 9.17) is 5.11 Å². The van der Waals surface area contributed by atoms with Crippen LogP contribution in [0.3, 0.4) is 0 Å². The minimum Gasteiger partial charge on any atom is -0.387 e. The van der Waals surface area contributed by atoms with Gasteiger partial charge < -0.3 is 5.11 Å². The lowest BCUT2D eigenvalue weighted by Crippen LogP contribution is -1.92. The third kappa shape index (κ3) is 1.08. The zero-order valence-corrected chi connectivity index (χ0v) is 5.33. The fraction of sp³-hybridized carbons (Fsp3) is 0.600. The highest BCUT2D eigenvalue weighted by Crippen LogP contribution is 2.10. The lowest BCUT2D eigenvalue weighted by molar-refractivity contribution is 0.185. The van der Waals surface area contributed by atoms with Gasteiger partial charge in [-0.3, -0.25) is 0 Å². The average Bonchev–Trinajstić information content (AvgIpc) is 2.13. The summed E-state index contributed by atoms with van der Waals surface area (Å²) in [6.07, 6.45) is -0.587. The molecule has 1 atom stereocenters. The van der Waals surface area contributed by atoms with Gasteiger partial charge >= 0.3 is 0 Å². The molecular formula is C5H8N2O2. The summed E-state index contributed by atoms with van der Waals surface area (Å²) in [4.78, 5) is 0. The molecule has 4 heteroatoms. The minimum atomic E-state index is -0.587. The van der Waals surface area contributed by atoms with E-state index in [1.54, 1.807) is 13.8 Å². The molecule has 9 heavy (non-hydrogen) atoms. The maximum atomic E-state index is 8.93. The Kier molecular flexibility index (Phi) is 1.48. The molecule has 0 spiro atoms. The number of hydrogen-bond donors (Lipinski definition) is 1. The third-order valence-electron chi connectivity index (χ3n) is 1.08. The summed E-state index contributed by atoms with van der Waals surface area (Å²) in [7, 11) is 0. The Hall–Kier alpha value is -0.900. The maximum absolute atomic E-state index is 8.93. The molecule has 1 aromatic heterocycles. The van der Waals surface area contributed by atoms with Gasteiger partial charge in [0, 0.05) is 0 Å². The Morgan fingerprint density at radius 2 is 2.22 bits per heavy atom. The molecule has 1 aromatic rings. The Labute approximate surface area is 52.5 Å². The highest BCUT2D eigenvalue weighted by atomic mass is 16.6. The quantitative estimate of drug-likeness (QED) is 0.595. The standard InChI is InChI=1S/C5H8N2O2/c1-3-5(4(2)8)7-9-6-3/h4,8H,1-2H3/t4-/m0/s1. The topological polar surface area (TPSA) is 59.2 Å². The van der Waals surface area contributed by atoms with Gasteiger partial charge in [0.05, 0.1) is 6.10 Å². The van der Waals surface area contributed by atoms with Crippen LogP contribution in [-0.2, 0) is 0 Å². The van der Waals surface area contributed by atoms with Crippen LogP contribution in [-0.4, -0.2) is 15.4 Å². The lowest BCUT2D eigenvalue weighted by atomic mass is 10.2. The summed E-state index contributed by atoms with van der Waals surface area (Å²) in [5.41, 5.74) is 1.15. The first-order valence-electron chi connectivity index (χ1n) is 2.69. The fourth-order valence-electron chi connectivity index (χ4n) is 0.617. The third-order valence-corrected chi connectivity index (χ3v) is 1.08. The number of rotatable bonds is 1. The predicted molar refractivity (Wildman–Crippen MR) is 29.7 cm³/mol. The highest BCUT2D eigenvalue weighted by molar-refractivity contribution is 5.06. The van der Waals surface area contributed by atoms with Crippen LogP contribution in [0.4, 0.5) is 0 Å². The van der Waals surface area contributed by atoms with Crippen LogP contribution in [0, 0.1) is 6.92 Å². The maximum Gasteiger partial charge on any atom is 0.136 e. The number of aromatic nitrogens is 2. The predicted octanol–water partition coefficient (Wildman–Crippen LogP) is 0.431. The minimum absolute atomic E-state index is 0.509. The number of aliphatic hydroxyl groups is 1. The van der Waals surface area contributed by atoms with Crippen molar-refractivity contribution in [2.45, 2.75) is 20.0 Å². The summed E-state index contributed by atoms with van der Waals surface area (Å²) in [5.74, 6) is 0. The summed E-state index contributed by atoms with van der Waals surface area (Å²) in [6, 6.07) is 0. The molecule has 50 valence electrons. The van der Waals surface area contributed by atoms with Gasteiger partial charge in [-0.1, -0.05) is 10.3 Å². The Bertz CT molecular complexity index is 195. The van der Waals surface area contributed by atoms with Gasteiger partial charge in [0.1, 0.15) is 11.4 Å². The molecule has 4 nitrogen and oxygen atoms in total. The van der Waals surface area contributed by atoms with Crippen LogP contribution in [0.25, 0.3) is 0 Å². The van der Waals surface area contributed by atoms with Crippen molar-refractivity contribution in [1.82, 2.24) is 10.3 Å². The first kappa shape index (κ1) is 6.22. The van der Waals surface area contributed by atoms with E-state index in [-0.39, 0.29) is 0 Å². The molecule has 1 rings (SSSR count). The number of nitrogens with zero attached hydrogens (tertiary/aromatic N) is 2. The average molecular weight is 128 g/mol. The molecule has 0 saturated carbocycles. The van der Waals surface area contributed by atoms with Crippen LogP contribution in [0.1, 0.15) is 24.4 Å². The van der Waals surface area contributed by atoms with Crippen molar-refractivity contribution in [3.63, 3.8) is 0 Å². The molecule has 1 N–H and O–H groups in total. The molecule has 0 fully saturated rings. The first-order chi connectivity index (χ1) is 4.22. The number of aliphatic hydroxyl groups excluding tert-OH is 1. The molecule has 0 bridgehead atoms. The summed E-state index contributed by atoms with van der Waals surface area (Å²) in [6.45, 7) is 3.35. The van der Waals surface area contributed by atoms with E-state index in [2.05, 4.69) is 14.9 Å². The van der Waals surface area contributed by atoms with Gasteiger partial charge in [-0.25, -0.2) is 4.63 Å². The highest BCUT2D eigenvalue weighted by Gasteiger charge is 2.09. The van der Waals surface area contributed by atoms with Gasteiger partial charge in [-0.05, 0) is 13.8 Å². The first-order valence-corrected chi connectivity index (χ1v) is 2.69. The van der Waals surface area contributed by atoms with Crippen molar-refractivity contribution >= 4 is 0 Å². The molecule has 0 aliphatic carbocycles. The van der Waals surface area contributed by atoms with Gasteiger partial charge in [0.25, 0.3) is 0 Å². The van der Waals surface area contributed by atoms with Crippen molar-refractivity contribution in [2.75, 3.05) is 0 Å². The van der Waals surface area contributed by atoms with E-state index in [1.807, 2.05) is 0 Å².